The fourth-order valence-corrected chi connectivity index (χ4v) is 2.73. The van der Waals surface area contributed by atoms with Gasteiger partial charge in [0.2, 0.25) is 16.3 Å². The summed E-state index contributed by atoms with van der Waals surface area (Å²) in [6.45, 7) is 1.63. The molecule has 0 saturated heterocycles. The highest BCUT2D eigenvalue weighted by molar-refractivity contribution is 7.97. The Kier molecular flexibility index (Phi) is 7.19. The molecule has 10 nitrogen and oxygen atoms in total. The van der Waals surface area contributed by atoms with Crippen LogP contribution in [0.1, 0.15) is 27.7 Å². The minimum Gasteiger partial charge on any atom is -0.463 e. The highest BCUT2D eigenvalue weighted by Gasteiger charge is 2.74. The molecule has 0 aromatic heterocycles. The molecular formula is C14H20O10S. The van der Waals surface area contributed by atoms with Crippen LogP contribution in [-0.4, -0.2) is 78.4 Å². The van der Waals surface area contributed by atoms with Crippen LogP contribution in [0.15, 0.2) is 0 Å². The van der Waals surface area contributed by atoms with Crippen molar-refractivity contribution in [3.05, 3.63) is 0 Å². The van der Waals surface area contributed by atoms with Crippen molar-refractivity contribution in [1.29, 1.82) is 0 Å². The van der Waals surface area contributed by atoms with E-state index in [1.807, 2.05) is 0 Å². The molecular weight excluding hydrogens is 360 g/mol. The second-order valence-corrected chi connectivity index (χ2v) is 5.89. The van der Waals surface area contributed by atoms with Crippen LogP contribution < -0.4 is 0 Å². The largest absolute Gasteiger partial charge is 0.463 e. The summed E-state index contributed by atoms with van der Waals surface area (Å²) in [5.41, 5.74) is -11.1. The minimum atomic E-state index is -3.81. The minimum absolute atomic E-state index is 0.567. The molecule has 4 N–H and O–H groups in total. The zero-order valence-corrected chi connectivity index (χ0v) is 14.9. The smallest absolute Gasteiger partial charge is 0.302 e. The highest BCUT2D eigenvalue weighted by atomic mass is 32.1. The molecule has 0 aromatic rings. The zero-order chi connectivity index (χ0) is 20.4. The molecule has 142 valence electrons. The highest BCUT2D eigenvalue weighted by Crippen LogP contribution is 2.39. The Labute approximate surface area is 148 Å². The zero-order valence-electron chi connectivity index (χ0n) is 14.0. The van der Waals surface area contributed by atoms with Crippen LogP contribution in [0.4, 0.5) is 0 Å². The predicted molar refractivity (Wildman–Crippen MR) is 83.5 cm³/mol. The number of aliphatic hydroxyl groups is 4. The number of thiol groups is 1. The van der Waals surface area contributed by atoms with E-state index in [1.165, 1.54) is 0 Å². The summed E-state index contributed by atoms with van der Waals surface area (Å²) in [5, 5.41) is 40.1. The number of carbonyl (C=O) groups is 5. The average Bonchev–Trinajstić information content (AvgIpc) is 2.48. The lowest BCUT2D eigenvalue weighted by atomic mass is 9.63. The third-order valence-electron chi connectivity index (χ3n) is 3.87. The van der Waals surface area contributed by atoms with E-state index in [4.69, 9.17) is 0 Å². The number of Topliss-reactive ketones (excluding diaryl/α,β-unsaturated/α-hetero) is 3. The molecule has 0 fully saturated rings. The van der Waals surface area contributed by atoms with E-state index >= 15 is 0 Å². The van der Waals surface area contributed by atoms with E-state index in [0.29, 0.717) is 20.8 Å². The molecule has 0 amide bonds. The summed E-state index contributed by atoms with van der Waals surface area (Å²) in [4.78, 5) is 58.4. The Balaban J connectivity index is 6.72. The molecule has 0 spiro atoms. The van der Waals surface area contributed by atoms with Crippen LogP contribution in [0.25, 0.3) is 0 Å². The van der Waals surface area contributed by atoms with E-state index in [9.17, 15) is 44.4 Å². The van der Waals surface area contributed by atoms with Gasteiger partial charge in [0.1, 0.15) is 12.7 Å². The molecule has 0 aliphatic carbocycles. The van der Waals surface area contributed by atoms with Crippen molar-refractivity contribution in [3.8, 4) is 0 Å². The topological polar surface area (TPSA) is 176 Å². The normalized spacial score (nSPS) is 19.6. The first kappa shape index (κ1) is 23.3. The number of ether oxygens (including phenoxy) is 1. The van der Waals surface area contributed by atoms with Crippen molar-refractivity contribution in [2.45, 2.75) is 50.6 Å². The first-order valence-electron chi connectivity index (χ1n) is 6.86. The molecule has 4 atom stereocenters. The number of hydrogen-bond donors (Lipinski definition) is 5. The van der Waals surface area contributed by atoms with Gasteiger partial charge in [-0.05, 0) is 20.8 Å². The van der Waals surface area contributed by atoms with Gasteiger partial charge in [-0.2, -0.15) is 0 Å². The molecule has 25 heavy (non-hydrogen) atoms. The Morgan fingerprint density at radius 1 is 0.920 bits per heavy atom. The fraction of sp³-hybridized carbons (Fsp3) is 0.643. The van der Waals surface area contributed by atoms with Gasteiger partial charge in [0, 0.05) is 6.92 Å². The quantitative estimate of drug-likeness (QED) is 0.161. The lowest BCUT2D eigenvalue weighted by molar-refractivity contribution is -0.245. The van der Waals surface area contributed by atoms with Gasteiger partial charge in [0.25, 0.3) is 0 Å². The van der Waals surface area contributed by atoms with Crippen molar-refractivity contribution in [3.63, 3.8) is 0 Å². The van der Waals surface area contributed by atoms with Gasteiger partial charge in [-0.25, -0.2) is 0 Å². The Morgan fingerprint density at radius 2 is 1.36 bits per heavy atom. The summed E-state index contributed by atoms with van der Waals surface area (Å²) in [5.74, 6) is -5.54. The molecule has 0 aromatic carbocycles. The summed E-state index contributed by atoms with van der Waals surface area (Å²) in [7, 11) is 0. The molecule has 0 unspecified atom stereocenters. The van der Waals surface area contributed by atoms with Crippen molar-refractivity contribution in [2.75, 3.05) is 6.61 Å². The molecule has 11 heteroatoms. The van der Waals surface area contributed by atoms with Gasteiger partial charge < -0.3 is 25.2 Å². The monoisotopic (exact) mass is 380 g/mol. The summed E-state index contributed by atoms with van der Waals surface area (Å²) in [6, 6.07) is 0. The van der Waals surface area contributed by atoms with Crippen molar-refractivity contribution in [1.82, 2.24) is 0 Å². The Hall–Kier alpha value is -1.66. The average molecular weight is 380 g/mol. The van der Waals surface area contributed by atoms with Gasteiger partial charge in [0.15, 0.2) is 23.0 Å². The molecule has 0 heterocycles. The molecule has 0 bridgehead atoms. The maximum atomic E-state index is 12.0. The van der Waals surface area contributed by atoms with E-state index in [2.05, 4.69) is 17.4 Å². The second kappa shape index (κ2) is 7.70. The number of esters is 1. The van der Waals surface area contributed by atoms with E-state index in [-0.39, 0.29) is 0 Å². The van der Waals surface area contributed by atoms with Gasteiger partial charge in [-0.1, -0.05) is 0 Å². The van der Waals surface area contributed by atoms with E-state index in [1.54, 1.807) is 0 Å². The van der Waals surface area contributed by atoms with E-state index in [0.717, 1.165) is 6.92 Å². The summed E-state index contributed by atoms with van der Waals surface area (Å²) < 4.78 is 4.41. The maximum Gasteiger partial charge on any atom is 0.302 e. The third-order valence-corrected chi connectivity index (χ3v) is 4.19. The SMILES string of the molecule is CC(=O)OC[C@@H](O)[C@](O)(C(C)=O)[C@@](O)(C(C)=O)[C@](O)(C(C)=O)C(=O)S. The van der Waals surface area contributed by atoms with Crippen LogP contribution in [0.3, 0.4) is 0 Å². The Morgan fingerprint density at radius 3 is 1.60 bits per heavy atom. The maximum absolute atomic E-state index is 12.0. The standard InChI is InChI=1S/C14H20O10S/c1-6(15)12(21,10(19)5-24-9(4)18)14(23,8(3)17)13(22,7(2)16)11(20)25/h10,19,21-23H,5H2,1-4H3,(H,20,25)/t10-,12-,13+,14+/m1/s1. The summed E-state index contributed by atoms with van der Waals surface area (Å²) >= 11 is 3.25. The number of aliphatic hydroxyl groups excluding tert-OH is 1. The fourth-order valence-electron chi connectivity index (χ4n) is 2.41. The number of rotatable bonds is 9. The van der Waals surface area contributed by atoms with E-state index < -0.39 is 57.9 Å². The number of carbonyl (C=O) groups excluding carboxylic acids is 5. The third kappa shape index (κ3) is 3.51. The van der Waals surface area contributed by atoms with Crippen LogP contribution in [0, 0.1) is 0 Å². The van der Waals surface area contributed by atoms with Gasteiger partial charge >= 0.3 is 5.97 Å². The first-order valence-corrected chi connectivity index (χ1v) is 7.31. The first-order chi connectivity index (χ1) is 11.1. The van der Waals surface area contributed by atoms with Gasteiger partial charge in [0.05, 0.1) is 0 Å². The molecule has 0 aliphatic rings. The van der Waals surface area contributed by atoms with Crippen molar-refractivity contribution >= 4 is 41.1 Å². The molecule has 0 saturated carbocycles. The van der Waals surface area contributed by atoms with Crippen LogP contribution in [0.5, 0.6) is 0 Å². The van der Waals surface area contributed by atoms with Gasteiger partial charge in [-0.15, -0.1) is 12.6 Å². The summed E-state index contributed by atoms with van der Waals surface area (Å²) in [6.07, 6.45) is -2.47. The van der Waals surface area contributed by atoms with Crippen molar-refractivity contribution < 1.29 is 49.1 Å². The number of hydrogen-bond acceptors (Lipinski definition) is 10. The van der Waals surface area contributed by atoms with Crippen LogP contribution in [-0.2, 0) is 28.7 Å². The lowest BCUT2D eigenvalue weighted by Crippen LogP contribution is -2.81. The Bertz CT molecular complexity index is 601. The second-order valence-electron chi connectivity index (χ2n) is 5.48. The molecule has 0 aliphatic heterocycles. The molecule has 0 radical (unpaired) electrons. The van der Waals surface area contributed by atoms with Crippen LogP contribution >= 0.6 is 12.6 Å². The van der Waals surface area contributed by atoms with Crippen LogP contribution in [0.2, 0.25) is 0 Å². The molecule has 0 rings (SSSR count). The predicted octanol–water partition coefficient (Wildman–Crippen LogP) is -2.67. The number of ketones is 3. The lowest BCUT2D eigenvalue weighted by Gasteiger charge is -2.48. The van der Waals surface area contributed by atoms with Gasteiger partial charge in [-0.3, -0.25) is 24.0 Å². The van der Waals surface area contributed by atoms with Crippen molar-refractivity contribution in [2.24, 2.45) is 0 Å².